The van der Waals surface area contributed by atoms with Crippen molar-refractivity contribution in [2.75, 3.05) is 7.11 Å². The summed E-state index contributed by atoms with van der Waals surface area (Å²) in [4.78, 5) is 15.6. The van der Waals surface area contributed by atoms with E-state index >= 15 is 0 Å². The van der Waals surface area contributed by atoms with Gasteiger partial charge in [-0.25, -0.2) is 9.78 Å². The van der Waals surface area contributed by atoms with Crippen molar-refractivity contribution in [1.29, 1.82) is 0 Å². The first-order valence-electron chi connectivity index (χ1n) is 4.66. The molecule has 0 bridgehead atoms. The quantitative estimate of drug-likeness (QED) is 0.664. The number of fused-ring (bicyclic) bond motifs is 1. The van der Waals surface area contributed by atoms with Crippen LogP contribution in [0.3, 0.4) is 0 Å². The predicted molar refractivity (Wildman–Crippen MR) is 56.0 cm³/mol. The lowest BCUT2D eigenvalue weighted by Gasteiger charge is -2.00. The van der Waals surface area contributed by atoms with Crippen LogP contribution < -0.4 is 0 Å². The first kappa shape index (κ1) is 9.71. The number of rotatable bonds is 1. The van der Waals surface area contributed by atoms with E-state index in [0.717, 1.165) is 17.0 Å². The zero-order valence-electron chi connectivity index (χ0n) is 8.94. The summed E-state index contributed by atoms with van der Waals surface area (Å²) in [5.41, 5.74) is 3.29. The average Bonchev–Trinajstić information content (AvgIpc) is 2.60. The summed E-state index contributed by atoms with van der Waals surface area (Å²) in [7, 11) is 1.37. The lowest BCUT2D eigenvalue weighted by atomic mass is 10.3. The summed E-state index contributed by atoms with van der Waals surface area (Å²) >= 11 is 0. The van der Waals surface area contributed by atoms with Crippen molar-refractivity contribution in [1.82, 2.24) is 9.38 Å². The van der Waals surface area contributed by atoms with Gasteiger partial charge in [-0.1, -0.05) is 0 Å². The van der Waals surface area contributed by atoms with Gasteiger partial charge in [0.25, 0.3) is 0 Å². The van der Waals surface area contributed by atoms with Crippen LogP contribution in [0.4, 0.5) is 0 Å². The zero-order chi connectivity index (χ0) is 11.0. The van der Waals surface area contributed by atoms with Gasteiger partial charge in [0.2, 0.25) is 0 Å². The summed E-state index contributed by atoms with van der Waals surface area (Å²) in [6.45, 7) is 3.90. The monoisotopic (exact) mass is 204 g/mol. The Labute approximate surface area is 87.5 Å². The molecular weight excluding hydrogens is 192 g/mol. The molecule has 2 aromatic heterocycles. The maximum Gasteiger partial charge on any atom is 0.339 e. The third-order valence-electron chi connectivity index (χ3n) is 2.31. The molecule has 0 saturated heterocycles. The Morgan fingerprint density at radius 3 is 2.80 bits per heavy atom. The molecule has 0 aromatic carbocycles. The van der Waals surface area contributed by atoms with Gasteiger partial charge in [-0.05, 0) is 26.0 Å². The number of hydrogen-bond acceptors (Lipinski definition) is 3. The van der Waals surface area contributed by atoms with Gasteiger partial charge in [0.1, 0.15) is 5.65 Å². The van der Waals surface area contributed by atoms with Gasteiger partial charge in [-0.15, -0.1) is 0 Å². The Morgan fingerprint density at radius 1 is 1.40 bits per heavy atom. The minimum Gasteiger partial charge on any atom is -0.465 e. The zero-order valence-corrected chi connectivity index (χ0v) is 8.94. The summed E-state index contributed by atoms with van der Waals surface area (Å²) in [5.74, 6) is -0.336. The molecule has 2 aromatic rings. The second-order valence-electron chi connectivity index (χ2n) is 3.49. The molecule has 4 nitrogen and oxygen atoms in total. The van der Waals surface area contributed by atoms with Crippen molar-refractivity contribution in [3.05, 3.63) is 35.3 Å². The molecule has 0 aliphatic heterocycles. The first-order valence-corrected chi connectivity index (χ1v) is 4.66. The van der Waals surface area contributed by atoms with Crippen LogP contribution in [0.25, 0.3) is 5.65 Å². The Bertz CT molecular complexity index is 529. The summed E-state index contributed by atoms with van der Waals surface area (Å²) in [5, 5.41) is 0. The highest BCUT2D eigenvalue weighted by Gasteiger charge is 2.10. The molecule has 0 N–H and O–H groups in total. The number of carbonyl (C=O) groups is 1. The Morgan fingerprint density at radius 2 is 2.13 bits per heavy atom. The number of aryl methyl sites for hydroxylation is 2. The van der Waals surface area contributed by atoms with Crippen molar-refractivity contribution >= 4 is 11.6 Å². The van der Waals surface area contributed by atoms with E-state index in [1.54, 1.807) is 12.3 Å². The van der Waals surface area contributed by atoms with Crippen LogP contribution in [0, 0.1) is 13.8 Å². The van der Waals surface area contributed by atoms with E-state index in [4.69, 9.17) is 0 Å². The number of esters is 1. The van der Waals surface area contributed by atoms with Crippen molar-refractivity contribution in [2.24, 2.45) is 0 Å². The van der Waals surface area contributed by atoms with Crippen LogP contribution >= 0.6 is 0 Å². The van der Waals surface area contributed by atoms with E-state index in [2.05, 4.69) is 9.72 Å². The highest BCUT2D eigenvalue weighted by atomic mass is 16.5. The molecule has 2 rings (SSSR count). The number of aromatic nitrogens is 2. The molecule has 0 radical (unpaired) electrons. The number of hydrogen-bond donors (Lipinski definition) is 0. The van der Waals surface area contributed by atoms with Gasteiger partial charge in [0.15, 0.2) is 0 Å². The highest BCUT2D eigenvalue weighted by molar-refractivity contribution is 5.90. The molecule has 0 aliphatic rings. The van der Waals surface area contributed by atoms with Gasteiger partial charge >= 0.3 is 5.97 Å². The Kier molecular flexibility index (Phi) is 2.19. The normalized spacial score (nSPS) is 10.6. The molecule has 0 spiro atoms. The van der Waals surface area contributed by atoms with Crippen molar-refractivity contribution in [2.45, 2.75) is 13.8 Å². The highest BCUT2D eigenvalue weighted by Crippen LogP contribution is 2.12. The van der Waals surface area contributed by atoms with Crippen LogP contribution in [0.1, 0.15) is 21.7 Å². The molecule has 0 unspecified atom stereocenters. The number of nitrogens with zero attached hydrogens (tertiary/aromatic N) is 2. The van der Waals surface area contributed by atoms with E-state index < -0.39 is 0 Å². The molecule has 2 heterocycles. The van der Waals surface area contributed by atoms with E-state index in [0.29, 0.717) is 5.56 Å². The molecule has 0 fully saturated rings. The number of methoxy groups -OCH3 is 1. The molecular formula is C11H12N2O2. The van der Waals surface area contributed by atoms with Gasteiger partial charge in [-0.3, -0.25) is 0 Å². The third kappa shape index (κ3) is 1.58. The van der Waals surface area contributed by atoms with Gasteiger partial charge in [-0.2, -0.15) is 0 Å². The standard InChI is InChI=1S/C11H12N2O2/c1-7-4-8(2)13-6-9(11(14)15-3)5-10(13)12-7/h4-6H,1-3H3. The molecule has 78 valence electrons. The smallest absolute Gasteiger partial charge is 0.339 e. The van der Waals surface area contributed by atoms with Crippen molar-refractivity contribution < 1.29 is 9.53 Å². The van der Waals surface area contributed by atoms with E-state index in [1.165, 1.54) is 7.11 Å². The first-order chi connectivity index (χ1) is 7.11. The van der Waals surface area contributed by atoms with Crippen molar-refractivity contribution in [3.63, 3.8) is 0 Å². The molecule has 15 heavy (non-hydrogen) atoms. The van der Waals surface area contributed by atoms with Crippen molar-refractivity contribution in [3.8, 4) is 0 Å². The third-order valence-corrected chi connectivity index (χ3v) is 2.31. The van der Waals surface area contributed by atoms with Gasteiger partial charge < -0.3 is 9.14 Å². The minimum atomic E-state index is -0.336. The molecule has 0 amide bonds. The minimum absolute atomic E-state index is 0.336. The Hall–Kier alpha value is -1.84. The maximum absolute atomic E-state index is 11.3. The molecule has 0 aliphatic carbocycles. The van der Waals surface area contributed by atoms with Gasteiger partial charge in [0.05, 0.1) is 12.7 Å². The van der Waals surface area contributed by atoms with E-state index in [1.807, 2.05) is 24.3 Å². The second-order valence-corrected chi connectivity index (χ2v) is 3.49. The van der Waals surface area contributed by atoms with Crippen LogP contribution in [0.5, 0.6) is 0 Å². The number of ether oxygens (including phenoxy) is 1. The lowest BCUT2D eigenvalue weighted by Crippen LogP contribution is -1.98. The Balaban J connectivity index is 2.65. The van der Waals surface area contributed by atoms with Crippen LogP contribution in [-0.2, 0) is 4.74 Å². The second kappa shape index (κ2) is 3.38. The fourth-order valence-electron chi connectivity index (χ4n) is 1.63. The fraction of sp³-hybridized carbons (Fsp3) is 0.273. The van der Waals surface area contributed by atoms with Crippen LogP contribution in [-0.4, -0.2) is 22.5 Å². The van der Waals surface area contributed by atoms with Gasteiger partial charge in [0, 0.05) is 17.6 Å². The fourth-order valence-corrected chi connectivity index (χ4v) is 1.63. The lowest BCUT2D eigenvalue weighted by molar-refractivity contribution is 0.0601. The summed E-state index contributed by atoms with van der Waals surface area (Å²) in [6, 6.07) is 3.69. The summed E-state index contributed by atoms with van der Waals surface area (Å²) < 4.78 is 6.53. The molecule has 0 atom stereocenters. The maximum atomic E-state index is 11.3. The SMILES string of the molecule is COC(=O)c1cc2nc(C)cc(C)n2c1. The topological polar surface area (TPSA) is 43.6 Å². The van der Waals surface area contributed by atoms with E-state index in [9.17, 15) is 4.79 Å². The molecule has 4 heteroatoms. The van der Waals surface area contributed by atoms with Crippen LogP contribution in [0.15, 0.2) is 18.3 Å². The molecule has 0 saturated carbocycles. The average molecular weight is 204 g/mol. The van der Waals surface area contributed by atoms with E-state index in [-0.39, 0.29) is 5.97 Å². The predicted octanol–water partition coefficient (Wildman–Crippen LogP) is 1.74. The largest absolute Gasteiger partial charge is 0.465 e. The summed E-state index contributed by atoms with van der Waals surface area (Å²) in [6.07, 6.45) is 1.74. The number of carbonyl (C=O) groups excluding carboxylic acids is 1. The van der Waals surface area contributed by atoms with Crippen LogP contribution in [0.2, 0.25) is 0 Å².